The minimum Gasteiger partial charge on any atom is -0.480 e. The first-order chi connectivity index (χ1) is 9.65. The molecule has 0 aromatic heterocycles. The van der Waals surface area contributed by atoms with Crippen molar-refractivity contribution in [2.75, 3.05) is 26.2 Å². The highest BCUT2D eigenvalue weighted by Crippen LogP contribution is 2.27. The minimum absolute atomic E-state index is 0. The molecule has 5 nitrogen and oxygen atoms in total. The summed E-state index contributed by atoms with van der Waals surface area (Å²) in [5.74, 6) is -0.666. The third-order valence-corrected chi connectivity index (χ3v) is 3.66. The van der Waals surface area contributed by atoms with E-state index in [0.717, 1.165) is 25.9 Å². The summed E-state index contributed by atoms with van der Waals surface area (Å²) >= 11 is 0. The van der Waals surface area contributed by atoms with E-state index in [4.69, 9.17) is 5.11 Å². The van der Waals surface area contributed by atoms with Gasteiger partial charge in [0.1, 0.15) is 6.54 Å². The Kier molecular flexibility index (Phi) is 7.19. The van der Waals surface area contributed by atoms with E-state index in [1.165, 1.54) is 5.56 Å². The second kappa shape index (κ2) is 8.64. The summed E-state index contributed by atoms with van der Waals surface area (Å²) in [7, 11) is 0. The van der Waals surface area contributed by atoms with Gasteiger partial charge in [-0.1, -0.05) is 30.3 Å². The highest BCUT2D eigenvalue weighted by atomic mass is 35.5. The zero-order valence-electron chi connectivity index (χ0n) is 11.8. The van der Waals surface area contributed by atoms with Gasteiger partial charge < -0.3 is 10.4 Å². The zero-order chi connectivity index (χ0) is 14.4. The topological polar surface area (TPSA) is 69.6 Å². The van der Waals surface area contributed by atoms with Gasteiger partial charge in [-0.05, 0) is 37.4 Å². The minimum atomic E-state index is -1.01. The van der Waals surface area contributed by atoms with Crippen LogP contribution in [0.1, 0.15) is 24.3 Å². The van der Waals surface area contributed by atoms with Crippen LogP contribution in [0, 0.1) is 0 Å². The van der Waals surface area contributed by atoms with E-state index in [2.05, 4.69) is 34.5 Å². The number of likely N-dealkylation sites (tertiary alicyclic amines) is 1. The Morgan fingerprint density at radius 2 is 1.81 bits per heavy atom. The molecule has 1 saturated heterocycles. The fourth-order valence-corrected chi connectivity index (χ4v) is 2.58. The summed E-state index contributed by atoms with van der Waals surface area (Å²) in [4.78, 5) is 24.0. The van der Waals surface area contributed by atoms with Gasteiger partial charge in [0.15, 0.2) is 0 Å². The third kappa shape index (κ3) is 5.73. The highest BCUT2D eigenvalue weighted by Gasteiger charge is 2.21. The summed E-state index contributed by atoms with van der Waals surface area (Å²) in [6, 6.07) is 10.4. The highest BCUT2D eigenvalue weighted by molar-refractivity contribution is 5.85. The van der Waals surface area contributed by atoms with Crippen LogP contribution < -0.4 is 5.32 Å². The Hall–Kier alpha value is -1.59. The Bertz CT molecular complexity index is 459. The molecule has 0 spiro atoms. The van der Waals surface area contributed by atoms with Crippen molar-refractivity contribution in [3.05, 3.63) is 35.9 Å². The zero-order valence-corrected chi connectivity index (χ0v) is 12.6. The number of carbonyl (C=O) groups excluding carboxylic acids is 1. The van der Waals surface area contributed by atoms with Crippen LogP contribution in [0.25, 0.3) is 0 Å². The molecule has 0 radical (unpaired) electrons. The molecule has 116 valence electrons. The molecule has 0 bridgehead atoms. The van der Waals surface area contributed by atoms with Crippen LogP contribution in [0.5, 0.6) is 0 Å². The molecule has 21 heavy (non-hydrogen) atoms. The molecule has 1 aromatic carbocycles. The lowest BCUT2D eigenvalue weighted by molar-refractivity contribution is -0.138. The summed E-state index contributed by atoms with van der Waals surface area (Å²) in [6.45, 7) is 1.73. The van der Waals surface area contributed by atoms with Crippen molar-refractivity contribution in [1.82, 2.24) is 10.2 Å². The fraction of sp³-hybridized carbons (Fsp3) is 0.467. The molecule has 1 heterocycles. The normalized spacial score (nSPS) is 16.0. The molecule has 2 rings (SSSR count). The summed E-state index contributed by atoms with van der Waals surface area (Å²) in [5, 5.41) is 10.9. The number of nitrogens with zero attached hydrogens (tertiary/aromatic N) is 1. The first kappa shape index (κ1) is 17.5. The number of benzene rings is 1. The van der Waals surface area contributed by atoms with E-state index in [1.54, 1.807) is 0 Å². The molecule has 6 heteroatoms. The average Bonchev–Trinajstić information content (AvgIpc) is 2.47. The first-order valence-corrected chi connectivity index (χ1v) is 6.91. The Morgan fingerprint density at radius 1 is 1.19 bits per heavy atom. The largest absolute Gasteiger partial charge is 0.480 e. The maximum absolute atomic E-state index is 11.6. The molecular formula is C15H21ClN2O3. The van der Waals surface area contributed by atoms with Gasteiger partial charge in [0.25, 0.3) is 0 Å². The number of aliphatic carboxylic acids is 1. The molecule has 1 aromatic rings. The number of halogens is 1. The second-order valence-electron chi connectivity index (χ2n) is 5.13. The number of rotatable bonds is 5. The number of piperidine rings is 1. The van der Waals surface area contributed by atoms with Crippen LogP contribution >= 0.6 is 12.4 Å². The van der Waals surface area contributed by atoms with Gasteiger partial charge in [0.2, 0.25) is 5.91 Å². The van der Waals surface area contributed by atoms with Crippen molar-refractivity contribution < 1.29 is 14.7 Å². The standard InChI is InChI=1S/C15H20N2O3.ClH/c18-14(16-10-15(19)20)11-17-8-6-13(7-9-17)12-4-2-1-3-5-12;/h1-5,13H,6-11H2,(H,16,18)(H,19,20);1H. The molecule has 1 aliphatic heterocycles. The summed E-state index contributed by atoms with van der Waals surface area (Å²) in [6.07, 6.45) is 2.08. The second-order valence-corrected chi connectivity index (χ2v) is 5.13. The van der Waals surface area contributed by atoms with Crippen molar-refractivity contribution in [2.24, 2.45) is 0 Å². The molecule has 1 aliphatic rings. The number of carboxylic acid groups (broad SMARTS) is 1. The molecule has 0 atom stereocenters. The summed E-state index contributed by atoms with van der Waals surface area (Å²) < 4.78 is 0. The molecule has 2 N–H and O–H groups in total. The number of carboxylic acids is 1. The van der Waals surface area contributed by atoms with Gasteiger partial charge in [-0.2, -0.15) is 0 Å². The SMILES string of the molecule is Cl.O=C(O)CNC(=O)CN1CCC(c2ccccc2)CC1. The fourth-order valence-electron chi connectivity index (χ4n) is 2.58. The van der Waals surface area contributed by atoms with Crippen molar-refractivity contribution in [2.45, 2.75) is 18.8 Å². The lowest BCUT2D eigenvalue weighted by atomic mass is 9.89. The number of hydrogen-bond acceptors (Lipinski definition) is 3. The molecular weight excluding hydrogens is 292 g/mol. The van der Waals surface area contributed by atoms with Crippen molar-refractivity contribution in [1.29, 1.82) is 0 Å². The van der Waals surface area contributed by atoms with Crippen LogP contribution in [0.4, 0.5) is 0 Å². The number of carbonyl (C=O) groups is 2. The third-order valence-electron chi connectivity index (χ3n) is 3.66. The van der Waals surface area contributed by atoms with Crippen molar-refractivity contribution in [3.8, 4) is 0 Å². The molecule has 1 fully saturated rings. The van der Waals surface area contributed by atoms with Crippen molar-refractivity contribution in [3.63, 3.8) is 0 Å². The smallest absolute Gasteiger partial charge is 0.322 e. The van der Waals surface area contributed by atoms with Crippen LogP contribution in [-0.4, -0.2) is 48.1 Å². The van der Waals surface area contributed by atoms with Gasteiger partial charge in [0.05, 0.1) is 6.54 Å². The van der Waals surface area contributed by atoms with Crippen molar-refractivity contribution >= 4 is 24.3 Å². The molecule has 0 saturated carbocycles. The Labute approximate surface area is 130 Å². The maximum atomic E-state index is 11.6. The van der Waals surface area contributed by atoms with E-state index < -0.39 is 5.97 Å². The van der Waals surface area contributed by atoms with E-state index in [-0.39, 0.29) is 31.4 Å². The van der Waals surface area contributed by atoms with Crippen LogP contribution in [0.2, 0.25) is 0 Å². The lowest BCUT2D eigenvalue weighted by Gasteiger charge is -2.31. The van der Waals surface area contributed by atoms with Crippen LogP contribution in [-0.2, 0) is 9.59 Å². The Morgan fingerprint density at radius 3 is 2.38 bits per heavy atom. The summed E-state index contributed by atoms with van der Waals surface area (Å²) in [5.41, 5.74) is 1.36. The predicted molar refractivity (Wildman–Crippen MR) is 82.8 cm³/mol. The van der Waals surface area contributed by atoms with E-state index in [9.17, 15) is 9.59 Å². The quantitative estimate of drug-likeness (QED) is 0.864. The first-order valence-electron chi connectivity index (χ1n) is 6.91. The number of hydrogen-bond donors (Lipinski definition) is 2. The molecule has 1 amide bonds. The van der Waals surface area contributed by atoms with Gasteiger partial charge in [0, 0.05) is 0 Å². The van der Waals surface area contributed by atoms with E-state index >= 15 is 0 Å². The van der Waals surface area contributed by atoms with Crippen LogP contribution in [0.3, 0.4) is 0 Å². The number of nitrogens with one attached hydrogen (secondary N) is 1. The van der Waals surface area contributed by atoms with Crippen LogP contribution in [0.15, 0.2) is 30.3 Å². The van der Waals surface area contributed by atoms with Gasteiger partial charge in [-0.15, -0.1) is 12.4 Å². The van der Waals surface area contributed by atoms with Gasteiger partial charge in [-0.25, -0.2) is 0 Å². The van der Waals surface area contributed by atoms with E-state index in [0.29, 0.717) is 5.92 Å². The molecule has 0 unspecified atom stereocenters. The Balaban J connectivity index is 0.00000220. The van der Waals surface area contributed by atoms with E-state index in [1.807, 2.05) is 6.07 Å². The maximum Gasteiger partial charge on any atom is 0.322 e. The van der Waals surface area contributed by atoms with Gasteiger partial charge in [-0.3, -0.25) is 14.5 Å². The lowest BCUT2D eigenvalue weighted by Crippen LogP contribution is -2.42. The molecule has 0 aliphatic carbocycles. The average molecular weight is 313 g/mol. The van der Waals surface area contributed by atoms with Gasteiger partial charge >= 0.3 is 5.97 Å². The monoisotopic (exact) mass is 312 g/mol. The number of amides is 1. The predicted octanol–water partition coefficient (Wildman–Crippen LogP) is 1.49.